The Balaban J connectivity index is 2.18. The summed E-state index contributed by atoms with van der Waals surface area (Å²) in [5, 5.41) is 10.8. The lowest BCUT2D eigenvalue weighted by atomic mass is 9.90. The minimum atomic E-state index is -0.587. The summed E-state index contributed by atoms with van der Waals surface area (Å²) in [6, 6.07) is 4.50. The van der Waals surface area contributed by atoms with Crippen LogP contribution in [0.4, 0.5) is 5.69 Å². The molecule has 0 bridgehead atoms. The number of carbonyl (C=O) groups excluding carboxylic acids is 1. The molecule has 1 saturated carbocycles. The number of nitrogens with zero attached hydrogens (tertiary/aromatic N) is 1. The Morgan fingerprint density at radius 2 is 2.22 bits per heavy atom. The Morgan fingerprint density at radius 1 is 1.50 bits per heavy atom. The van der Waals surface area contributed by atoms with E-state index >= 15 is 0 Å². The van der Waals surface area contributed by atoms with Crippen molar-refractivity contribution in [3.05, 3.63) is 32.8 Å². The molecule has 7 heteroatoms. The number of methoxy groups -OCH3 is 1. The lowest BCUT2D eigenvalue weighted by Gasteiger charge is -2.33. The van der Waals surface area contributed by atoms with Gasteiger partial charge >= 0.3 is 0 Å². The number of hydrogen-bond donors (Lipinski definition) is 0. The van der Waals surface area contributed by atoms with Crippen molar-refractivity contribution in [3.8, 4) is 5.75 Å². The third-order valence-corrected chi connectivity index (χ3v) is 3.53. The third-order valence-electron chi connectivity index (χ3n) is 2.73. The molecule has 0 aliphatic heterocycles. The fourth-order valence-electron chi connectivity index (χ4n) is 1.75. The van der Waals surface area contributed by atoms with E-state index in [0.29, 0.717) is 5.75 Å². The number of ketones is 1. The molecule has 0 radical (unpaired) electrons. The van der Waals surface area contributed by atoms with E-state index in [0.717, 1.165) is 0 Å². The first-order valence-electron chi connectivity index (χ1n) is 5.19. The normalized spacial score (nSPS) is 22.4. The second-order valence-electron chi connectivity index (χ2n) is 3.83. The smallest absolute Gasteiger partial charge is 0.287 e. The Morgan fingerprint density at radius 3 is 2.78 bits per heavy atom. The van der Waals surface area contributed by atoms with E-state index in [9.17, 15) is 14.9 Å². The molecule has 2 unspecified atom stereocenters. The summed E-state index contributed by atoms with van der Waals surface area (Å²) < 4.78 is 10.8. The maximum absolute atomic E-state index is 11.2. The molecule has 0 aromatic heterocycles. The number of nitro groups is 1. The zero-order valence-corrected chi connectivity index (χ0v) is 11.0. The van der Waals surface area contributed by atoms with Gasteiger partial charge in [-0.05, 0) is 22.0 Å². The van der Waals surface area contributed by atoms with E-state index in [1.54, 1.807) is 6.07 Å². The molecule has 1 fully saturated rings. The molecule has 0 amide bonds. The van der Waals surface area contributed by atoms with Gasteiger partial charge in [-0.25, -0.2) is 0 Å². The highest BCUT2D eigenvalue weighted by atomic mass is 79.9. The Kier molecular flexibility index (Phi) is 3.63. The van der Waals surface area contributed by atoms with Crippen LogP contribution in [-0.4, -0.2) is 30.0 Å². The molecule has 6 nitrogen and oxygen atoms in total. The molecule has 0 N–H and O–H groups in total. The van der Waals surface area contributed by atoms with Gasteiger partial charge in [0.2, 0.25) is 0 Å². The minimum absolute atomic E-state index is 0.0240. The quantitative estimate of drug-likeness (QED) is 0.628. The van der Waals surface area contributed by atoms with Crippen molar-refractivity contribution in [1.29, 1.82) is 0 Å². The second kappa shape index (κ2) is 5.03. The van der Waals surface area contributed by atoms with Gasteiger partial charge in [0.1, 0.15) is 16.3 Å². The van der Waals surface area contributed by atoms with Crippen molar-refractivity contribution in [2.24, 2.45) is 0 Å². The van der Waals surface area contributed by atoms with E-state index in [-0.39, 0.29) is 28.5 Å². The maximum Gasteiger partial charge on any atom is 0.287 e. The van der Waals surface area contributed by atoms with Gasteiger partial charge in [0.05, 0.1) is 4.92 Å². The van der Waals surface area contributed by atoms with Crippen LogP contribution in [0, 0.1) is 10.1 Å². The highest BCUT2D eigenvalue weighted by Gasteiger charge is 2.42. The molecule has 0 heterocycles. The molecule has 96 valence electrons. The topological polar surface area (TPSA) is 78.7 Å². The van der Waals surface area contributed by atoms with Crippen LogP contribution < -0.4 is 4.74 Å². The van der Waals surface area contributed by atoms with E-state index in [4.69, 9.17) is 9.47 Å². The number of halogens is 1. The number of ether oxygens (including phenoxy) is 2. The molecule has 0 spiro atoms. The average Bonchev–Trinajstić information content (AvgIpc) is 2.30. The van der Waals surface area contributed by atoms with Crippen LogP contribution in [0.1, 0.15) is 6.42 Å². The predicted octanol–water partition coefficient (Wildman–Crippen LogP) is 2.09. The highest BCUT2D eigenvalue weighted by molar-refractivity contribution is 9.10. The van der Waals surface area contributed by atoms with Gasteiger partial charge < -0.3 is 9.47 Å². The number of rotatable bonds is 4. The fourth-order valence-corrected chi connectivity index (χ4v) is 2.25. The molecule has 1 aliphatic carbocycles. The van der Waals surface area contributed by atoms with Crippen LogP contribution in [-0.2, 0) is 9.53 Å². The summed E-state index contributed by atoms with van der Waals surface area (Å²) in [6.45, 7) is 0. The first-order valence-corrected chi connectivity index (χ1v) is 5.99. The summed E-state index contributed by atoms with van der Waals surface area (Å²) in [5.74, 6) is 0.313. The van der Waals surface area contributed by atoms with Gasteiger partial charge in [0, 0.05) is 19.6 Å². The van der Waals surface area contributed by atoms with Crippen LogP contribution in [0.15, 0.2) is 22.7 Å². The summed E-state index contributed by atoms with van der Waals surface area (Å²) in [4.78, 5) is 21.5. The van der Waals surface area contributed by atoms with Gasteiger partial charge in [-0.3, -0.25) is 14.9 Å². The molecule has 1 aliphatic rings. The predicted molar refractivity (Wildman–Crippen MR) is 65.6 cm³/mol. The van der Waals surface area contributed by atoms with Crippen LogP contribution in [0.3, 0.4) is 0 Å². The van der Waals surface area contributed by atoms with Crippen LogP contribution in [0.25, 0.3) is 0 Å². The monoisotopic (exact) mass is 315 g/mol. The van der Waals surface area contributed by atoms with Crippen molar-refractivity contribution in [1.82, 2.24) is 0 Å². The van der Waals surface area contributed by atoms with Gasteiger partial charge in [0.25, 0.3) is 5.69 Å². The zero-order chi connectivity index (χ0) is 13.3. The molecule has 0 saturated heterocycles. The van der Waals surface area contributed by atoms with E-state index in [1.165, 1.54) is 19.2 Å². The van der Waals surface area contributed by atoms with Crippen molar-refractivity contribution in [3.63, 3.8) is 0 Å². The molecule has 18 heavy (non-hydrogen) atoms. The molecule has 1 aromatic carbocycles. The Hall–Kier alpha value is -1.47. The number of Topliss-reactive ketones (excluding diaryl/α,β-unsaturated/α-hetero) is 1. The SMILES string of the molecule is COC1C(=O)CC1Oc1cccc([N+](=O)[O-])c1Br. The summed E-state index contributed by atoms with van der Waals surface area (Å²) in [5.41, 5.74) is -0.0767. The standard InChI is InChI=1S/C11H10BrNO5/c1-17-11-7(14)5-9(11)18-8-4-2-3-6(10(8)12)13(15)16/h2-4,9,11H,5H2,1H3. The van der Waals surface area contributed by atoms with Gasteiger partial charge in [-0.1, -0.05) is 6.07 Å². The molecular weight excluding hydrogens is 306 g/mol. The summed E-state index contributed by atoms with van der Waals surface area (Å²) in [7, 11) is 1.43. The first kappa shape index (κ1) is 13.0. The van der Waals surface area contributed by atoms with Crippen LogP contribution >= 0.6 is 15.9 Å². The first-order chi connectivity index (χ1) is 8.54. The Labute approximate surface area is 111 Å². The van der Waals surface area contributed by atoms with E-state index in [2.05, 4.69) is 15.9 Å². The number of carbonyl (C=O) groups is 1. The number of benzene rings is 1. The minimum Gasteiger partial charge on any atom is -0.485 e. The summed E-state index contributed by atoms with van der Waals surface area (Å²) in [6.07, 6.45) is -0.717. The van der Waals surface area contributed by atoms with Crippen LogP contribution in [0.2, 0.25) is 0 Å². The Bertz CT molecular complexity index is 504. The highest BCUT2D eigenvalue weighted by Crippen LogP contribution is 2.36. The van der Waals surface area contributed by atoms with E-state index in [1.807, 2.05) is 0 Å². The van der Waals surface area contributed by atoms with Crippen molar-refractivity contribution in [2.45, 2.75) is 18.6 Å². The average molecular weight is 316 g/mol. The van der Waals surface area contributed by atoms with Crippen LogP contribution in [0.5, 0.6) is 5.75 Å². The van der Waals surface area contributed by atoms with Crippen molar-refractivity contribution >= 4 is 27.4 Å². The fraction of sp³-hybridized carbons (Fsp3) is 0.364. The third kappa shape index (κ3) is 2.23. The summed E-state index contributed by atoms with van der Waals surface area (Å²) >= 11 is 3.13. The zero-order valence-electron chi connectivity index (χ0n) is 9.46. The maximum atomic E-state index is 11.2. The second-order valence-corrected chi connectivity index (χ2v) is 4.62. The largest absolute Gasteiger partial charge is 0.485 e. The van der Waals surface area contributed by atoms with Gasteiger partial charge in [0.15, 0.2) is 11.9 Å². The van der Waals surface area contributed by atoms with Crippen molar-refractivity contribution in [2.75, 3.05) is 7.11 Å². The van der Waals surface area contributed by atoms with Crippen molar-refractivity contribution < 1.29 is 19.2 Å². The molecular formula is C11H10BrNO5. The lowest BCUT2D eigenvalue weighted by molar-refractivity contribution is -0.385. The molecule has 2 rings (SSSR count). The lowest BCUT2D eigenvalue weighted by Crippen LogP contribution is -2.51. The molecule has 1 aromatic rings. The molecule has 2 atom stereocenters. The van der Waals surface area contributed by atoms with E-state index < -0.39 is 11.0 Å². The van der Waals surface area contributed by atoms with Gasteiger partial charge in [-0.2, -0.15) is 0 Å². The van der Waals surface area contributed by atoms with Gasteiger partial charge in [-0.15, -0.1) is 0 Å². The number of nitro benzene ring substituents is 1. The number of hydrogen-bond acceptors (Lipinski definition) is 5.